The molecule has 0 radical (unpaired) electrons. The third kappa shape index (κ3) is 3.46. The highest BCUT2D eigenvalue weighted by Crippen LogP contribution is 2.34. The molecule has 4 nitrogen and oxygen atoms in total. The molecule has 0 aromatic rings. The Kier molecular flexibility index (Phi) is 3.82. The summed E-state index contributed by atoms with van der Waals surface area (Å²) in [5.74, 6) is 0.596. The zero-order valence-corrected chi connectivity index (χ0v) is 10.0. The highest BCUT2D eigenvalue weighted by atomic mass is 16.5. The van der Waals surface area contributed by atoms with Crippen molar-refractivity contribution in [1.82, 2.24) is 4.90 Å². The van der Waals surface area contributed by atoms with Crippen LogP contribution in [0.4, 0.5) is 0 Å². The lowest BCUT2D eigenvalue weighted by Gasteiger charge is -2.24. The molecular formula is C12H22N2O2. The Morgan fingerprint density at radius 3 is 2.62 bits per heavy atom. The molecule has 0 spiro atoms. The first kappa shape index (κ1) is 11.9. The van der Waals surface area contributed by atoms with E-state index >= 15 is 0 Å². The molecule has 0 aromatic heterocycles. The van der Waals surface area contributed by atoms with E-state index in [4.69, 9.17) is 10.5 Å². The normalized spacial score (nSPS) is 22.2. The second-order valence-electron chi connectivity index (χ2n) is 4.99. The maximum atomic E-state index is 11.4. The van der Waals surface area contributed by atoms with E-state index < -0.39 is 6.04 Å². The van der Waals surface area contributed by atoms with Gasteiger partial charge in [0.15, 0.2) is 0 Å². The summed E-state index contributed by atoms with van der Waals surface area (Å²) >= 11 is 0. The van der Waals surface area contributed by atoms with Crippen molar-refractivity contribution in [3.8, 4) is 0 Å². The molecule has 0 heterocycles. The van der Waals surface area contributed by atoms with Gasteiger partial charge in [-0.05, 0) is 38.5 Å². The molecule has 1 unspecified atom stereocenters. The first-order chi connectivity index (χ1) is 7.70. The summed E-state index contributed by atoms with van der Waals surface area (Å²) in [6.45, 7) is 4.02. The fourth-order valence-corrected chi connectivity index (χ4v) is 2.02. The van der Waals surface area contributed by atoms with Gasteiger partial charge in [0, 0.05) is 19.1 Å². The number of esters is 1. The zero-order chi connectivity index (χ0) is 11.5. The third-order valence-electron chi connectivity index (χ3n) is 3.27. The molecule has 1 atom stereocenters. The minimum Gasteiger partial charge on any atom is -0.465 e. The van der Waals surface area contributed by atoms with Gasteiger partial charge in [0.05, 0.1) is 6.61 Å². The van der Waals surface area contributed by atoms with Crippen LogP contribution in [0, 0.1) is 5.92 Å². The van der Waals surface area contributed by atoms with Gasteiger partial charge in [-0.25, -0.2) is 0 Å². The molecule has 0 amide bonds. The lowest BCUT2D eigenvalue weighted by atomic mass is 10.2. The molecule has 4 heteroatoms. The van der Waals surface area contributed by atoms with Gasteiger partial charge in [0.1, 0.15) is 6.04 Å². The summed E-state index contributed by atoms with van der Waals surface area (Å²) in [4.78, 5) is 13.8. The van der Waals surface area contributed by atoms with E-state index in [0.29, 0.717) is 19.2 Å². The number of carbonyl (C=O) groups excluding carboxylic acids is 1. The Morgan fingerprint density at radius 1 is 1.44 bits per heavy atom. The molecule has 2 aliphatic carbocycles. The van der Waals surface area contributed by atoms with Crippen molar-refractivity contribution in [1.29, 1.82) is 0 Å². The predicted molar refractivity (Wildman–Crippen MR) is 61.9 cm³/mol. The lowest BCUT2D eigenvalue weighted by molar-refractivity contribution is -0.145. The average Bonchev–Trinajstić information content (AvgIpc) is 3.10. The van der Waals surface area contributed by atoms with E-state index in [-0.39, 0.29) is 5.97 Å². The molecule has 0 saturated heterocycles. The Bertz CT molecular complexity index is 249. The van der Waals surface area contributed by atoms with Crippen molar-refractivity contribution in [2.45, 2.75) is 44.7 Å². The van der Waals surface area contributed by atoms with E-state index in [0.717, 1.165) is 12.5 Å². The number of ether oxygens (including phenoxy) is 1. The molecule has 2 rings (SSSR count). The van der Waals surface area contributed by atoms with Crippen LogP contribution in [0.1, 0.15) is 32.6 Å². The Morgan fingerprint density at radius 2 is 2.12 bits per heavy atom. The number of hydrogen-bond donors (Lipinski definition) is 1. The molecule has 0 bridgehead atoms. The van der Waals surface area contributed by atoms with Crippen LogP contribution in [-0.2, 0) is 9.53 Å². The number of nitrogens with zero attached hydrogens (tertiary/aromatic N) is 1. The van der Waals surface area contributed by atoms with Gasteiger partial charge in [0.2, 0.25) is 0 Å². The molecule has 2 aliphatic rings. The Balaban J connectivity index is 1.76. The van der Waals surface area contributed by atoms with Crippen molar-refractivity contribution in [3.63, 3.8) is 0 Å². The topological polar surface area (TPSA) is 55.6 Å². The van der Waals surface area contributed by atoms with E-state index in [2.05, 4.69) is 4.90 Å². The van der Waals surface area contributed by atoms with Crippen LogP contribution in [0.15, 0.2) is 0 Å². The molecule has 92 valence electrons. The molecule has 2 N–H and O–H groups in total. The van der Waals surface area contributed by atoms with E-state index in [1.807, 2.05) is 6.92 Å². The summed E-state index contributed by atoms with van der Waals surface area (Å²) in [6, 6.07) is 0.209. The third-order valence-corrected chi connectivity index (χ3v) is 3.27. The van der Waals surface area contributed by atoms with Gasteiger partial charge in [-0.3, -0.25) is 9.69 Å². The van der Waals surface area contributed by atoms with Crippen molar-refractivity contribution in [3.05, 3.63) is 0 Å². The number of rotatable bonds is 7. The summed E-state index contributed by atoms with van der Waals surface area (Å²) < 4.78 is 4.93. The Labute approximate surface area is 97.1 Å². The van der Waals surface area contributed by atoms with Crippen molar-refractivity contribution in [2.24, 2.45) is 11.7 Å². The lowest BCUT2D eigenvalue weighted by Crippen LogP contribution is -2.45. The van der Waals surface area contributed by atoms with Crippen LogP contribution < -0.4 is 5.73 Å². The molecule has 2 fully saturated rings. The van der Waals surface area contributed by atoms with Crippen molar-refractivity contribution >= 4 is 5.97 Å². The quantitative estimate of drug-likeness (QED) is 0.651. The standard InChI is InChI=1S/C12H22N2O2/c1-2-16-12(15)11(13)8-14(10-5-6-10)7-9-3-4-9/h9-11H,2-8,13H2,1H3. The second-order valence-corrected chi connectivity index (χ2v) is 4.99. The maximum absolute atomic E-state index is 11.4. The zero-order valence-electron chi connectivity index (χ0n) is 10.0. The van der Waals surface area contributed by atoms with Gasteiger partial charge in [-0.15, -0.1) is 0 Å². The second kappa shape index (κ2) is 5.15. The fourth-order valence-electron chi connectivity index (χ4n) is 2.02. The monoisotopic (exact) mass is 226 g/mol. The fraction of sp³-hybridized carbons (Fsp3) is 0.917. The van der Waals surface area contributed by atoms with Gasteiger partial charge >= 0.3 is 5.97 Å². The smallest absolute Gasteiger partial charge is 0.324 e. The van der Waals surface area contributed by atoms with Crippen LogP contribution in [0.25, 0.3) is 0 Å². The van der Waals surface area contributed by atoms with Crippen LogP contribution in [0.5, 0.6) is 0 Å². The summed E-state index contributed by atoms with van der Waals surface area (Å²) in [5, 5.41) is 0. The first-order valence-electron chi connectivity index (χ1n) is 6.37. The molecule has 16 heavy (non-hydrogen) atoms. The summed E-state index contributed by atoms with van der Waals surface area (Å²) in [5.41, 5.74) is 5.85. The van der Waals surface area contributed by atoms with Gasteiger partial charge in [-0.2, -0.15) is 0 Å². The maximum Gasteiger partial charge on any atom is 0.324 e. The van der Waals surface area contributed by atoms with Crippen LogP contribution in [0.3, 0.4) is 0 Å². The highest BCUT2D eigenvalue weighted by Gasteiger charge is 2.35. The largest absolute Gasteiger partial charge is 0.465 e. The minimum absolute atomic E-state index is 0.260. The summed E-state index contributed by atoms with van der Waals surface area (Å²) in [7, 11) is 0. The van der Waals surface area contributed by atoms with E-state index in [1.165, 1.54) is 25.7 Å². The molecular weight excluding hydrogens is 204 g/mol. The van der Waals surface area contributed by atoms with E-state index in [9.17, 15) is 4.79 Å². The number of nitrogens with two attached hydrogens (primary N) is 1. The predicted octanol–water partition coefficient (Wildman–Crippen LogP) is 0.751. The highest BCUT2D eigenvalue weighted by molar-refractivity contribution is 5.75. The average molecular weight is 226 g/mol. The van der Waals surface area contributed by atoms with Crippen LogP contribution >= 0.6 is 0 Å². The van der Waals surface area contributed by atoms with Gasteiger partial charge in [0.25, 0.3) is 0 Å². The number of carbonyl (C=O) groups is 1. The minimum atomic E-state index is -0.473. The van der Waals surface area contributed by atoms with E-state index in [1.54, 1.807) is 0 Å². The van der Waals surface area contributed by atoms with Gasteiger partial charge in [-0.1, -0.05) is 0 Å². The number of hydrogen-bond acceptors (Lipinski definition) is 4. The van der Waals surface area contributed by atoms with Gasteiger partial charge < -0.3 is 10.5 Å². The van der Waals surface area contributed by atoms with Crippen molar-refractivity contribution in [2.75, 3.05) is 19.7 Å². The summed E-state index contributed by atoms with van der Waals surface area (Å²) in [6.07, 6.45) is 5.22. The van der Waals surface area contributed by atoms with Crippen LogP contribution in [-0.4, -0.2) is 42.6 Å². The Hall–Kier alpha value is -0.610. The first-order valence-corrected chi connectivity index (χ1v) is 6.37. The van der Waals surface area contributed by atoms with Crippen LogP contribution in [0.2, 0.25) is 0 Å². The van der Waals surface area contributed by atoms with Crippen molar-refractivity contribution < 1.29 is 9.53 Å². The molecule has 0 aromatic carbocycles. The SMILES string of the molecule is CCOC(=O)C(N)CN(CC1CC1)C1CC1. The molecule has 0 aliphatic heterocycles. The molecule has 2 saturated carbocycles.